The van der Waals surface area contributed by atoms with Gasteiger partial charge in [0.1, 0.15) is 0 Å². The minimum atomic E-state index is 0.291. The van der Waals surface area contributed by atoms with Crippen LogP contribution in [0, 0.1) is 0 Å². The molecule has 0 fully saturated rings. The molecule has 0 spiro atoms. The molecule has 0 bridgehead atoms. The van der Waals surface area contributed by atoms with E-state index >= 15 is 0 Å². The van der Waals surface area contributed by atoms with E-state index in [1.54, 1.807) is 0 Å². The molecule has 82 valence electrons. The molecule has 0 amide bonds. The van der Waals surface area contributed by atoms with Gasteiger partial charge in [0.15, 0.2) is 0 Å². The van der Waals surface area contributed by atoms with Gasteiger partial charge < -0.3 is 10.0 Å². The van der Waals surface area contributed by atoms with E-state index in [2.05, 4.69) is 30.1 Å². The molecule has 1 aliphatic rings. The molecule has 2 heteroatoms. The predicted molar refractivity (Wildman–Crippen MR) is 61.9 cm³/mol. The molecule has 0 radical (unpaired) electrons. The van der Waals surface area contributed by atoms with Gasteiger partial charge in [-0.2, -0.15) is 0 Å². The summed E-state index contributed by atoms with van der Waals surface area (Å²) in [7, 11) is 2.17. The molecular weight excluding hydrogens is 186 g/mol. The topological polar surface area (TPSA) is 23.5 Å². The Bertz CT molecular complexity index is 335. The third-order valence-corrected chi connectivity index (χ3v) is 3.17. The van der Waals surface area contributed by atoms with Crippen LogP contribution in [0.5, 0.6) is 0 Å². The van der Waals surface area contributed by atoms with Crippen LogP contribution in [0.15, 0.2) is 18.2 Å². The van der Waals surface area contributed by atoms with Crippen LogP contribution in [0.2, 0.25) is 0 Å². The summed E-state index contributed by atoms with van der Waals surface area (Å²) >= 11 is 0. The zero-order chi connectivity index (χ0) is 10.7. The number of aryl methyl sites for hydroxylation is 1. The standard InChI is InChI=1S/C13H19NO/c1-14-8-7-12-5-2-4-11(6-3-9-15)13(12)10-14/h2,4-5,15H,3,6-10H2,1H3. The third kappa shape index (κ3) is 2.39. The molecular formula is C13H19NO. The van der Waals surface area contributed by atoms with Crippen LogP contribution in [0.4, 0.5) is 0 Å². The normalized spacial score (nSPS) is 16.4. The molecule has 0 saturated heterocycles. The Morgan fingerprint density at radius 3 is 3.07 bits per heavy atom. The first-order chi connectivity index (χ1) is 7.31. The van der Waals surface area contributed by atoms with Crippen LogP contribution in [0.1, 0.15) is 23.1 Å². The minimum Gasteiger partial charge on any atom is -0.396 e. The number of hydrogen-bond donors (Lipinski definition) is 1. The molecule has 2 rings (SSSR count). The number of aliphatic hydroxyl groups is 1. The van der Waals surface area contributed by atoms with Crippen LogP contribution in [-0.4, -0.2) is 30.2 Å². The van der Waals surface area contributed by atoms with E-state index in [1.165, 1.54) is 23.1 Å². The van der Waals surface area contributed by atoms with Crippen molar-refractivity contribution in [2.45, 2.75) is 25.8 Å². The van der Waals surface area contributed by atoms with Gasteiger partial charge in [-0.15, -0.1) is 0 Å². The lowest BCUT2D eigenvalue weighted by Crippen LogP contribution is -2.27. The van der Waals surface area contributed by atoms with Crippen molar-refractivity contribution in [3.8, 4) is 0 Å². The Morgan fingerprint density at radius 1 is 1.40 bits per heavy atom. The zero-order valence-electron chi connectivity index (χ0n) is 9.37. The van der Waals surface area contributed by atoms with E-state index in [-0.39, 0.29) is 0 Å². The van der Waals surface area contributed by atoms with Crippen molar-refractivity contribution in [2.24, 2.45) is 0 Å². The van der Waals surface area contributed by atoms with Crippen LogP contribution in [0.3, 0.4) is 0 Å². The third-order valence-electron chi connectivity index (χ3n) is 3.17. The highest BCUT2D eigenvalue weighted by molar-refractivity contribution is 5.37. The molecule has 0 aromatic heterocycles. The summed E-state index contributed by atoms with van der Waals surface area (Å²) < 4.78 is 0. The molecule has 1 aliphatic heterocycles. The van der Waals surface area contributed by atoms with Crippen molar-refractivity contribution in [3.05, 3.63) is 34.9 Å². The Balaban J connectivity index is 2.23. The number of fused-ring (bicyclic) bond motifs is 1. The van der Waals surface area contributed by atoms with Gasteiger partial charge in [-0.05, 0) is 43.0 Å². The van der Waals surface area contributed by atoms with Crippen molar-refractivity contribution in [1.29, 1.82) is 0 Å². The summed E-state index contributed by atoms with van der Waals surface area (Å²) in [6.07, 6.45) is 3.05. The summed E-state index contributed by atoms with van der Waals surface area (Å²) in [4.78, 5) is 2.37. The SMILES string of the molecule is CN1CCc2cccc(CCCO)c2C1. The maximum Gasteiger partial charge on any atom is 0.0434 e. The number of aliphatic hydroxyl groups excluding tert-OH is 1. The fourth-order valence-corrected chi connectivity index (χ4v) is 2.29. The van der Waals surface area contributed by atoms with Gasteiger partial charge in [-0.1, -0.05) is 18.2 Å². The first kappa shape index (κ1) is 10.7. The fraction of sp³-hybridized carbons (Fsp3) is 0.538. The first-order valence-corrected chi connectivity index (χ1v) is 5.70. The highest BCUT2D eigenvalue weighted by Gasteiger charge is 2.15. The van der Waals surface area contributed by atoms with Crippen molar-refractivity contribution in [3.63, 3.8) is 0 Å². The first-order valence-electron chi connectivity index (χ1n) is 5.70. The molecule has 0 unspecified atom stereocenters. The van der Waals surface area contributed by atoms with Gasteiger partial charge in [0.05, 0.1) is 0 Å². The van der Waals surface area contributed by atoms with E-state index < -0.39 is 0 Å². The molecule has 1 N–H and O–H groups in total. The van der Waals surface area contributed by atoms with Gasteiger partial charge in [0.25, 0.3) is 0 Å². The van der Waals surface area contributed by atoms with Crippen molar-refractivity contribution in [2.75, 3.05) is 20.2 Å². The van der Waals surface area contributed by atoms with Crippen molar-refractivity contribution in [1.82, 2.24) is 4.90 Å². The maximum atomic E-state index is 8.87. The molecule has 1 aromatic carbocycles. The number of hydrogen-bond acceptors (Lipinski definition) is 2. The lowest BCUT2D eigenvalue weighted by Gasteiger charge is -2.27. The van der Waals surface area contributed by atoms with Gasteiger partial charge in [0, 0.05) is 19.7 Å². The monoisotopic (exact) mass is 205 g/mol. The number of rotatable bonds is 3. The average Bonchev–Trinajstić information content (AvgIpc) is 2.26. The second-order valence-electron chi connectivity index (χ2n) is 4.37. The highest BCUT2D eigenvalue weighted by Crippen LogP contribution is 2.22. The summed E-state index contributed by atoms with van der Waals surface area (Å²) in [6, 6.07) is 6.59. The Hall–Kier alpha value is -0.860. The zero-order valence-corrected chi connectivity index (χ0v) is 9.37. The van der Waals surface area contributed by atoms with E-state index in [4.69, 9.17) is 5.11 Å². The largest absolute Gasteiger partial charge is 0.396 e. The molecule has 0 atom stereocenters. The molecule has 0 aliphatic carbocycles. The van der Waals surface area contributed by atoms with E-state index in [0.717, 1.165) is 25.9 Å². The summed E-state index contributed by atoms with van der Waals surface area (Å²) in [6.45, 7) is 2.52. The van der Waals surface area contributed by atoms with Crippen LogP contribution in [0.25, 0.3) is 0 Å². The second kappa shape index (κ2) is 4.77. The Kier molecular flexibility index (Phi) is 3.39. The molecule has 0 saturated carbocycles. The van der Waals surface area contributed by atoms with E-state index in [1.807, 2.05) is 0 Å². The van der Waals surface area contributed by atoms with Crippen LogP contribution >= 0.6 is 0 Å². The smallest absolute Gasteiger partial charge is 0.0434 e. The molecule has 1 heterocycles. The quantitative estimate of drug-likeness (QED) is 0.810. The van der Waals surface area contributed by atoms with Crippen LogP contribution < -0.4 is 0 Å². The minimum absolute atomic E-state index is 0.291. The van der Waals surface area contributed by atoms with Gasteiger partial charge in [-0.3, -0.25) is 0 Å². The highest BCUT2D eigenvalue weighted by atomic mass is 16.2. The molecule has 15 heavy (non-hydrogen) atoms. The summed E-state index contributed by atoms with van der Waals surface area (Å²) in [5, 5.41) is 8.87. The number of nitrogens with zero attached hydrogens (tertiary/aromatic N) is 1. The summed E-state index contributed by atoms with van der Waals surface area (Å²) in [5.74, 6) is 0. The van der Waals surface area contributed by atoms with Crippen LogP contribution in [-0.2, 0) is 19.4 Å². The molecule has 2 nitrogen and oxygen atoms in total. The number of benzene rings is 1. The lowest BCUT2D eigenvalue weighted by atomic mass is 9.93. The Morgan fingerprint density at radius 2 is 2.27 bits per heavy atom. The maximum absolute atomic E-state index is 8.87. The van der Waals surface area contributed by atoms with Crippen molar-refractivity contribution >= 4 is 0 Å². The summed E-state index contributed by atoms with van der Waals surface area (Å²) in [5.41, 5.74) is 4.43. The Labute approximate surface area is 91.5 Å². The predicted octanol–water partition coefficient (Wildman–Crippen LogP) is 1.60. The van der Waals surface area contributed by atoms with E-state index in [9.17, 15) is 0 Å². The average molecular weight is 205 g/mol. The molecule has 1 aromatic rings. The second-order valence-corrected chi connectivity index (χ2v) is 4.37. The van der Waals surface area contributed by atoms with Gasteiger partial charge in [0.2, 0.25) is 0 Å². The van der Waals surface area contributed by atoms with Gasteiger partial charge in [-0.25, -0.2) is 0 Å². The fourth-order valence-electron chi connectivity index (χ4n) is 2.29. The van der Waals surface area contributed by atoms with Crippen molar-refractivity contribution < 1.29 is 5.11 Å². The van der Waals surface area contributed by atoms with E-state index in [0.29, 0.717) is 6.61 Å². The van der Waals surface area contributed by atoms with Gasteiger partial charge >= 0.3 is 0 Å². The number of likely N-dealkylation sites (N-methyl/N-ethyl adjacent to an activating group) is 1. The lowest BCUT2D eigenvalue weighted by molar-refractivity contribution is 0.286.